The molecule has 0 aromatic carbocycles. The van der Waals surface area contributed by atoms with Crippen LogP contribution in [0.1, 0.15) is 24.6 Å². The van der Waals surface area contributed by atoms with Crippen LogP contribution in [0.3, 0.4) is 0 Å². The molecule has 0 radical (unpaired) electrons. The molecule has 0 amide bonds. The maximum atomic E-state index is 4.30. The van der Waals surface area contributed by atoms with Gasteiger partial charge in [0.2, 0.25) is 0 Å². The number of anilines is 1. The second-order valence-electron chi connectivity index (χ2n) is 3.50. The van der Waals surface area contributed by atoms with Crippen LogP contribution in [-0.2, 0) is 13.0 Å². The maximum Gasteiger partial charge on any atom is 0.134 e. The standard InChI is InChI=1S/C10H16N4/c1-2-4-12-10-8-6-11-5-3-9(8)13-7-14-10/h7,11H,2-6H2,1H3,(H,12,13,14). The molecule has 4 nitrogen and oxygen atoms in total. The van der Waals surface area contributed by atoms with E-state index in [1.54, 1.807) is 6.33 Å². The summed E-state index contributed by atoms with van der Waals surface area (Å²) in [6.45, 7) is 5.04. The van der Waals surface area contributed by atoms with Gasteiger partial charge in [0.05, 0.1) is 5.69 Å². The monoisotopic (exact) mass is 192 g/mol. The molecule has 2 heterocycles. The van der Waals surface area contributed by atoms with Crippen molar-refractivity contribution in [2.45, 2.75) is 26.3 Å². The van der Waals surface area contributed by atoms with Gasteiger partial charge in [-0.2, -0.15) is 0 Å². The molecule has 0 saturated heterocycles. The molecule has 4 heteroatoms. The summed E-state index contributed by atoms with van der Waals surface area (Å²) in [6.07, 6.45) is 3.78. The number of fused-ring (bicyclic) bond motifs is 1. The zero-order chi connectivity index (χ0) is 9.80. The fourth-order valence-electron chi connectivity index (χ4n) is 1.67. The van der Waals surface area contributed by atoms with Crippen LogP contribution in [0.15, 0.2) is 6.33 Å². The van der Waals surface area contributed by atoms with Crippen LogP contribution in [0.4, 0.5) is 5.82 Å². The summed E-state index contributed by atoms with van der Waals surface area (Å²) in [5.41, 5.74) is 2.43. The summed E-state index contributed by atoms with van der Waals surface area (Å²) in [6, 6.07) is 0. The minimum Gasteiger partial charge on any atom is -0.370 e. The van der Waals surface area contributed by atoms with Gasteiger partial charge in [-0.25, -0.2) is 9.97 Å². The summed E-state index contributed by atoms with van der Waals surface area (Å²) in [4.78, 5) is 8.56. The van der Waals surface area contributed by atoms with E-state index in [-0.39, 0.29) is 0 Å². The van der Waals surface area contributed by atoms with E-state index in [1.807, 2.05) is 0 Å². The lowest BCUT2D eigenvalue weighted by Crippen LogP contribution is -2.26. The van der Waals surface area contributed by atoms with Gasteiger partial charge in [-0.1, -0.05) is 6.92 Å². The summed E-state index contributed by atoms with van der Waals surface area (Å²) in [5.74, 6) is 1.00. The first kappa shape index (κ1) is 9.40. The quantitative estimate of drug-likeness (QED) is 0.748. The zero-order valence-electron chi connectivity index (χ0n) is 8.51. The molecule has 0 unspecified atom stereocenters. The third-order valence-electron chi connectivity index (χ3n) is 2.42. The van der Waals surface area contributed by atoms with E-state index in [9.17, 15) is 0 Å². The summed E-state index contributed by atoms with van der Waals surface area (Å²) >= 11 is 0. The predicted octanol–water partition coefficient (Wildman–Crippen LogP) is 0.944. The first-order chi connectivity index (χ1) is 6.92. The normalized spacial score (nSPS) is 14.9. The molecular formula is C10H16N4. The predicted molar refractivity (Wildman–Crippen MR) is 56.2 cm³/mol. The average molecular weight is 192 g/mol. The fourth-order valence-corrected chi connectivity index (χ4v) is 1.67. The van der Waals surface area contributed by atoms with Gasteiger partial charge < -0.3 is 10.6 Å². The van der Waals surface area contributed by atoms with Gasteiger partial charge in [-0.15, -0.1) is 0 Å². The first-order valence-electron chi connectivity index (χ1n) is 5.19. The molecule has 0 saturated carbocycles. The summed E-state index contributed by atoms with van der Waals surface area (Å²) in [7, 11) is 0. The molecule has 14 heavy (non-hydrogen) atoms. The molecule has 1 aromatic rings. The Morgan fingerprint density at radius 3 is 3.29 bits per heavy atom. The Kier molecular flexibility index (Phi) is 2.93. The van der Waals surface area contributed by atoms with Gasteiger partial charge >= 0.3 is 0 Å². The molecule has 1 aliphatic rings. The third-order valence-corrected chi connectivity index (χ3v) is 2.42. The van der Waals surface area contributed by atoms with E-state index in [4.69, 9.17) is 0 Å². The highest BCUT2D eigenvalue weighted by Gasteiger charge is 2.13. The molecular weight excluding hydrogens is 176 g/mol. The fraction of sp³-hybridized carbons (Fsp3) is 0.600. The van der Waals surface area contributed by atoms with E-state index in [1.165, 1.54) is 11.3 Å². The number of hydrogen-bond acceptors (Lipinski definition) is 4. The van der Waals surface area contributed by atoms with Crippen molar-refractivity contribution in [3.63, 3.8) is 0 Å². The number of nitrogens with one attached hydrogen (secondary N) is 2. The van der Waals surface area contributed by atoms with Crippen LogP contribution in [0, 0.1) is 0 Å². The molecule has 2 N–H and O–H groups in total. The van der Waals surface area contributed by atoms with Crippen molar-refractivity contribution in [1.29, 1.82) is 0 Å². The number of hydrogen-bond donors (Lipinski definition) is 2. The highest BCUT2D eigenvalue weighted by Crippen LogP contribution is 2.17. The van der Waals surface area contributed by atoms with Crippen molar-refractivity contribution < 1.29 is 0 Å². The molecule has 0 bridgehead atoms. The van der Waals surface area contributed by atoms with Crippen molar-refractivity contribution in [3.8, 4) is 0 Å². The molecule has 1 aliphatic heterocycles. The smallest absolute Gasteiger partial charge is 0.134 e. The lowest BCUT2D eigenvalue weighted by Gasteiger charge is -2.18. The van der Waals surface area contributed by atoms with Crippen LogP contribution < -0.4 is 10.6 Å². The van der Waals surface area contributed by atoms with Gasteiger partial charge in [0.15, 0.2) is 0 Å². The Morgan fingerprint density at radius 1 is 1.50 bits per heavy atom. The van der Waals surface area contributed by atoms with Gasteiger partial charge in [0.1, 0.15) is 12.1 Å². The maximum absolute atomic E-state index is 4.30. The van der Waals surface area contributed by atoms with Crippen LogP contribution >= 0.6 is 0 Å². The SMILES string of the molecule is CCCNc1ncnc2c1CNCC2. The Balaban J connectivity index is 2.21. The molecule has 1 aromatic heterocycles. The van der Waals surface area contributed by atoms with Crippen LogP contribution in [-0.4, -0.2) is 23.1 Å². The molecule has 0 spiro atoms. The summed E-state index contributed by atoms with van der Waals surface area (Å²) < 4.78 is 0. The van der Waals surface area contributed by atoms with Crippen molar-refractivity contribution in [2.24, 2.45) is 0 Å². The zero-order valence-corrected chi connectivity index (χ0v) is 8.51. The van der Waals surface area contributed by atoms with Crippen molar-refractivity contribution in [2.75, 3.05) is 18.4 Å². The molecule has 0 atom stereocenters. The van der Waals surface area contributed by atoms with Crippen molar-refractivity contribution >= 4 is 5.82 Å². The second kappa shape index (κ2) is 4.37. The van der Waals surface area contributed by atoms with Gasteiger partial charge in [-0.3, -0.25) is 0 Å². The highest BCUT2D eigenvalue weighted by molar-refractivity contribution is 5.46. The lowest BCUT2D eigenvalue weighted by atomic mass is 10.1. The van der Waals surface area contributed by atoms with E-state index >= 15 is 0 Å². The van der Waals surface area contributed by atoms with Gasteiger partial charge in [0.25, 0.3) is 0 Å². The van der Waals surface area contributed by atoms with Crippen LogP contribution in [0.2, 0.25) is 0 Å². The Hall–Kier alpha value is -1.16. The van der Waals surface area contributed by atoms with E-state index < -0.39 is 0 Å². The van der Waals surface area contributed by atoms with E-state index in [0.717, 1.165) is 38.3 Å². The summed E-state index contributed by atoms with van der Waals surface area (Å²) in [5, 5.41) is 6.67. The number of aromatic nitrogens is 2. The minimum absolute atomic E-state index is 0.891. The molecule has 0 aliphatic carbocycles. The Labute approximate surface area is 84.2 Å². The lowest BCUT2D eigenvalue weighted by molar-refractivity contribution is 0.627. The van der Waals surface area contributed by atoms with Crippen molar-refractivity contribution in [3.05, 3.63) is 17.6 Å². The Morgan fingerprint density at radius 2 is 2.43 bits per heavy atom. The Bertz CT molecular complexity index is 311. The second-order valence-corrected chi connectivity index (χ2v) is 3.50. The number of nitrogens with zero attached hydrogens (tertiary/aromatic N) is 2. The average Bonchev–Trinajstić information content (AvgIpc) is 2.26. The minimum atomic E-state index is 0.891. The first-order valence-corrected chi connectivity index (χ1v) is 5.19. The highest BCUT2D eigenvalue weighted by atomic mass is 15.0. The van der Waals surface area contributed by atoms with E-state index in [2.05, 4.69) is 27.5 Å². The van der Waals surface area contributed by atoms with Crippen molar-refractivity contribution in [1.82, 2.24) is 15.3 Å². The topological polar surface area (TPSA) is 49.8 Å². The van der Waals surface area contributed by atoms with Crippen LogP contribution in [0.5, 0.6) is 0 Å². The van der Waals surface area contributed by atoms with Crippen LogP contribution in [0.25, 0.3) is 0 Å². The molecule has 2 rings (SSSR count). The van der Waals surface area contributed by atoms with Gasteiger partial charge in [-0.05, 0) is 6.42 Å². The third kappa shape index (κ3) is 1.85. The largest absolute Gasteiger partial charge is 0.370 e. The van der Waals surface area contributed by atoms with Gasteiger partial charge in [0, 0.05) is 31.6 Å². The molecule has 0 fully saturated rings. The molecule has 76 valence electrons. The van der Waals surface area contributed by atoms with E-state index in [0.29, 0.717) is 0 Å². The number of rotatable bonds is 3.